The summed E-state index contributed by atoms with van der Waals surface area (Å²) in [4.78, 5) is 0.712. The number of benzene rings is 1. The Morgan fingerprint density at radius 3 is 2.78 bits per heavy atom. The van der Waals surface area contributed by atoms with Gasteiger partial charge in [-0.3, -0.25) is 0 Å². The molecule has 0 aromatic heterocycles. The Morgan fingerprint density at radius 2 is 2.17 bits per heavy atom. The molecule has 0 spiro atoms. The first-order valence-corrected chi connectivity index (χ1v) is 7.03. The number of thioether (sulfide) groups is 1. The Kier molecular flexibility index (Phi) is 3.76. The summed E-state index contributed by atoms with van der Waals surface area (Å²) >= 11 is 1.51. The van der Waals surface area contributed by atoms with Gasteiger partial charge in [-0.1, -0.05) is 6.92 Å². The molecule has 0 bridgehead atoms. The molecule has 1 unspecified atom stereocenters. The summed E-state index contributed by atoms with van der Waals surface area (Å²) in [5.41, 5.74) is 0.804. The number of phenolic OH excluding ortho intramolecular Hbond substituents is 2. The molecule has 1 atom stereocenters. The number of rotatable bonds is 4. The van der Waals surface area contributed by atoms with Crippen molar-refractivity contribution < 1.29 is 14.9 Å². The fraction of sp³-hybridized carbons (Fsp3) is 0.429. The number of aryl methyl sites for hydroxylation is 1. The molecule has 18 heavy (non-hydrogen) atoms. The molecule has 1 aromatic carbocycles. The average Bonchev–Trinajstić information content (AvgIpc) is 2.78. The van der Waals surface area contributed by atoms with Crippen molar-refractivity contribution in [3.8, 4) is 11.5 Å². The van der Waals surface area contributed by atoms with E-state index in [1.807, 2.05) is 26.0 Å². The van der Waals surface area contributed by atoms with Crippen LogP contribution >= 0.6 is 11.8 Å². The van der Waals surface area contributed by atoms with E-state index >= 15 is 0 Å². The summed E-state index contributed by atoms with van der Waals surface area (Å²) in [6, 6.07) is 3.53. The van der Waals surface area contributed by atoms with E-state index in [0.717, 1.165) is 24.2 Å². The Labute approximate surface area is 111 Å². The maximum Gasteiger partial charge on any atom is 0.171 e. The van der Waals surface area contributed by atoms with Crippen molar-refractivity contribution in [1.82, 2.24) is 0 Å². The summed E-state index contributed by atoms with van der Waals surface area (Å²) < 4.78 is 5.54. The van der Waals surface area contributed by atoms with Crippen LogP contribution in [-0.2, 0) is 11.2 Å². The van der Waals surface area contributed by atoms with Crippen LogP contribution in [-0.4, -0.2) is 21.6 Å². The van der Waals surface area contributed by atoms with E-state index in [0.29, 0.717) is 4.90 Å². The lowest BCUT2D eigenvalue weighted by Gasteiger charge is -2.23. The molecule has 1 aromatic rings. The van der Waals surface area contributed by atoms with Crippen molar-refractivity contribution in [2.24, 2.45) is 0 Å². The zero-order chi connectivity index (χ0) is 13.2. The quantitative estimate of drug-likeness (QED) is 0.647. The summed E-state index contributed by atoms with van der Waals surface area (Å²) in [6.45, 7) is 4.06. The molecule has 0 aliphatic carbocycles. The van der Waals surface area contributed by atoms with Crippen LogP contribution in [0.25, 0.3) is 0 Å². The van der Waals surface area contributed by atoms with E-state index in [4.69, 9.17) is 4.74 Å². The SMILES string of the molecule is CCc1cc(O)c(O)c(SCC2(C)CC=CO2)c1. The molecular weight excluding hydrogens is 248 g/mol. The van der Waals surface area contributed by atoms with E-state index in [9.17, 15) is 10.2 Å². The molecule has 0 fully saturated rings. The van der Waals surface area contributed by atoms with Crippen molar-refractivity contribution in [2.45, 2.75) is 37.2 Å². The van der Waals surface area contributed by atoms with Crippen molar-refractivity contribution in [1.29, 1.82) is 0 Å². The Morgan fingerprint density at radius 1 is 1.39 bits per heavy atom. The van der Waals surface area contributed by atoms with E-state index in [1.54, 1.807) is 12.3 Å². The van der Waals surface area contributed by atoms with Gasteiger partial charge in [0.1, 0.15) is 5.60 Å². The van der Waals surface area contributed by atoms with Crippen LogP contribution in [0.4, 0.5) is 0 Å². The van der Waals surface area contributed by atoms with Gasteiger partial charge in [0.05, 0.1) is 11.2 Å². The zero-order valence-electron chi connectivity index (χ0n) is 10.6. The summed E-state index contributed by atoms with van der Waals surface area (Å²) in [5, 5.41) is 19.5. The Hall–Kier alpha value is -1.29. The predicted molar refractivity (Wildman–Crippen MR) is 73.1 cm³/mol. The molecule has 0 amide bonds. The van der Waals surface area contributed by atoms with Gasteiger partial charge < -0.3 is 14.9 Å². The minimum absolute atomic E-state index is 0.0354. The molecule has 4 heteroatoms. The van der Waals surface area contributed by atoms with Gasteiger partial charge in [-0.25, -0.2) is 0 Å². The van der Waals surface area contributed by atoms with Gasteiger partial charge in [-0.15, -0.1) is 11.8 Å². The van der Waals surface area contributed by atoms with Crippen LogP contribution in [0.5, 0.6) is 11.5 Å². The molecule has 1 aliphatic heterocycles. The van der Waals surface area contributed by atoms with Crippen molar-refractivity contribution in [3.63, 3.8) is 0 Å². The molecule has 2 N–H and O–H groups in total. The number of hydrogen-bond donors (Lipinski definition) is 2. The van der Waals surface area contributed by atoms with E-state index in [2.05, 4.69) is 0 Å². The number of aromatic hydroxyl groups is 2. The third-order valence-electron chi connectivity index (χ3n) is 3.05. The minimum Gasteiger partial charge on any atom is -0.504 e. The lowest BCUT2D eigenvalue weighted by atomic mass is 10.1. The highest BCUT2D eigenvalue weighted by Crippen LogP contribution is 2.40. The molecule has 0 saturated carbocycles. The maximum absolute atomic E-state index is 9.85. The number of phenols is 2. The number of hydrogen-bond acceptors (Lipinski definition) is 4. The molecule has 3 nitrogen and oxygen atoms in total. The normalized spacial score (nSPS) is 22.1. The molecule has 1 heterocycles. The average molecular weight is 266 g/mol. The second-order valence-electron chi connectivity index (χ2n) is 4.75. The largest absolute Gasteiger partial charge is 0.504 e. The lowest BCUT2D eigenvalue weighted by Crippen LogP contribution is -2.25. The fourth-order valence-corrected chi connectivity index (χ4v) is 2.97. The maximum atomic E-state index is 9.85. The van der Waals surface area contributed by atoms with Gasteiger partial charge in [0.25, 0.3) is 0 Å². The highest BCUT2D eigenvalue weighted by molar-refractivity contribution is 7.99. The van der Waals surface area contributed by atoms with E-state index < -0.39 is 0 Å². The summed E-state index contributed by atoms with van der Waals surface area (Å²) in [7, 11) is 0. The summed E-state index contributed by atoms with van der Waals surface area (Å²) in [5.74, 6) is 0.652. The monoisotopic (exact) mass is 266 g/mol. The molecule has 0 saturated heterocycles. The second-order valence-corrected chi connectivity index (χ2v) is 5.76. The second kappa shape index (κ2) is 5.14. The van der Waals surface area contributed by atoms with Crippen LogP contribution in [0.15, 0.2) is 29.4 Å². The Bertz CT molecular complexity index is 460. The van der Waals surface area contributed by atoms with Gasteiger partial charge in [0, 0.05) is 12.2 Å². The first-order valence-electron chi connectivity index (χ1n) is 6.04. The molecule has 2 rings (SSSR count). The fourth-order valence-electron chi connectivity index (χ4n) is 1.84. The van der Waals surface area contributed by atoms with Crippen LogP contribution in [0.3, 0.4) is 0 Å². The van der Waals surface area contributed by atoms with Gasteiger partial charge >= 0.3 is 0 Å². The standard InChI is InChI=1S/C14H18O3S/c1-3-10-7-11(15)13(16)12(8-10)18-9-14(2)5-4-6-17-14/h4,6-8,15-16H,3,5,9H2,1-2H3. The van der Waals surface area contributed by atoms with Gasteiger partial charge in [0.2, 0.25) is 0 Å². The predicted octanol–water partition coefficient (Wildman–Crippen LogP) is 3.45. The number of ether oxygens (including phenoxy) is 1. The van der Waals surface area contributed by atoms with Crippen molar-refractivity contribution in [2.75, 3.05) is 5.75 Å². The molecule has 1 aliphatic rings. The van der Waals surface area contributed by atoms with E-state index in [-0.39, 0.29) is 17.1 Å². The van der Waals surface area contributed by atoms with Crippen LogP contribution in [0.2, 0.25) is 0 Å². The van der Waals surface area contributed by atoms with Crippen molar-refractivity contribution >= 4 is 11.8 Å². The first-order chi connectivity index (χ1) is 8.54. The Balaban J connectivity index is 2.11. The molecular formula is C14H18O3S. The molecule has 98 valence electrons. The first kappa shape index (κ1) is 13.1. The third-order valence-corrected chi connectivity index (χ3v) is 4.43. The van der Waals surface area contributed by atoms with Gasteiger partial charge in [0.15, 0.2) is 11.5 Å². The zero-order valence-corrected chi connectivity index (χ0v) is 11.5. The summed E-state index contributed by atoms with van der Waals surface area (Å²) in [6.07, 6.45) is 5.43. The molecule has 0 radical (unpaired) electrons. The lowest BCUT2D eigenvalue weighted by molar-refractivity contribution is 0.0877. The van der Waals surface area contributed by atoms with E-state index in [1.165, 1.54) is 11.8 Å². The van der Waals surface area contributed by atoms with Gasteiger partial charge in [-0.2, -0.15) is 0 Å². The van der Waals surface area contributed by atoms with Crippen LogP contribution in [0, 0.1) is 0 Å². The van der Waals surface area contributed by atoms with Crippen molar-refractivity contribution in [3.05, 3.63) is 30.0 Å². The highest BCUT2D eigenvalue weighted by Gasteiger charge is 2.28. The van der Waals surface area contributed by atoms with Crippen LogP contribution in [0.1, 0.15) is 25.8 Å². The van der Waals surface area contributed by atoms with Gasteiger partial charge in [-0.05, 0) is 37.1 Å². The topological polar surface area (TPSA) is 49.7 Å². The highest BCUT2D eigenvalue weighted by atomic mass is 32.2. The smallest absolute Gasteiger partial charge is 0.171 e. The third kappa shape index (κ3) is 2.75. The van der Waals surface area contributed by atoms with Crippen LogP contribution < -0.4 is 0 Å². The minimum atomic E-state index is -0.213.